The molecule has 0 saturated heterocycles. The normalized spacial score (nSPS) is 21.5. The van der Waals surface area contributed by atoms with Crippen LogP contribution >= 0.6 is 31.9 Å². The Morgan fingerprint density at radius 3 is 2.45 bits per heavy atom. The van der Waals surface area contributed by atoms with E-state index in [2.05, 4.69) is 31.9 Å². The molecule has 11 heavy (non-hydrogen) atoms. The lowest BCUT2D eigenvalue weighted by Gasteiger charge is -2.26. The van der Waals surface area contributed by atoms with Crippen molar-refractivity contribution >= 4 is 31.9 Å². The van der Waals surface area contributed by atoms with E-state index in [9.17, 15) is 4.39 Å². The van der Waals surface area contributed by atoms with Gasteiger partial charge in [-0.3, -0.25) is 0 Å². The molecule has 0 spiro atoms. The van der Waals surface area contributed by atoms with Crippen molar-refractivity contribution < 1.29 is 4.39 Å². The predicted octanol–water partition coefficient (Wildman–Crippen LogP) is 3.58. The fourth-order valence-corrected chi connectivity index (χ4v) is 2.69. The highest BCUT2D eigenvalue weighted by molar-refractivity contribution is 9.09. The molecule has 0 heterocycles. The van der Waals surface area contributed by atoms with Crippen LogP contribution in [0.1, 0.15) is 6.42 Å². The lowest BCUT2D eigenvalue weighted by atomic mass is 9.86. The van der Waals surface area contributed by atoms with E-state index in [1.807, 2.05) is 6.08 Å². The van der Waals surface area contributed by atoms with Crippen LogP contribution in [0.5, 0.6) is 0 Å². The van der Waals surface area contributed by atoms with Crippen LogP contribution < -0.4 is 0 Å². The Labute approximate surface area is 82.8 Å². The van der Waals surface area contributed by atoms with Crippen LogP contribution in [0.3, 0.4) is 0 Å². The number of rotatable bonds is 2. The monoisotopic (exact) mass is 282 g/mol. The number of halogens is 3. The van der Waals surface area contributed by atoms with Crippen molar-refractivity contribution in [1.82, 2.24) is 0 Å². The van der Waals surface area contributed by atoms with E-state index in [0.717, 1.165) is 17.1 Å². The van der Waals surface area contributed by atoms with Gasteiger partial charge in [0.1, 0.15) is 5.83 Å². The summed E-state index contributed by atoms with van der Waals surface area (Å²) in [6.45, 7) is 0. The fourth-order valence-electron chi connectivity index (χ4n) is 0.927. The number of allylic oxidation sites excluding steroid dienone is 4. The smallest absolute Gasteiger partial charge is 0.118 e. The van der Waals surface area contributed by atoms with Gasteiger partial charge in [-0.25, -0.2) is 4.39 Å². The van der Waals surface area contributed by atoms with Gasteiger partial charge in [0, 0.05) is 16.1 Å². The van der Waals surface area contributed by atoms with Crippen LogP contribution in [0.2, 0.25) is 0 Å². The average molecular weight is 284 g/mol. The van der Waals surface area contributed by atoms with E-state index in [1.54, 1.807) is 6.08 Å². The Kier molecular flexibility index (Phi) is 3.31. The van der Waals surface area contributed by atoms with E-state index in [1.165, 1.54) is 6.08 Å². The standard InChI is InChI=1S/C8H9Br2F/c9-5-8(6-10)3-1-7(11)2-4-8/h1-3H,4-6H2. The molecule has 0 saturated carbocycles. The van der Waals surface area contributed by atoms with Gasteiger partial charge in [-0.2, -0.15) is 0 Å². The summed E-state index contributed by atoms with van der Waals surface area (Å²) < 4.78 is 12.5. The third-order valence-corrected chi connectivity index (χ3v) is 4.07. The van der Waals surface area contributed by atoms with Gasteiger partial charge in [0.2, 0.25) is 0 Å². The zero-order valence-corrected chi connectivity index (χ0v) is 9.16. The molecule has 3 heteroatoms. The molecular formula is C8H9Br2F. The molecule has 0 radical (unpaired) electrons. The fraction of sp³-hybridized carbons (Fsp3) is 0.500. The van der Waals surface area contributed by atoms with Crippen molar-refractivity contribution in [3.63, 3.8) is 0 Å². The third kappa shape index (κ3) is 2.15. The lowest BCUT2D eigenvalue weighted by Crippen LogP contribution is -2.22. The first kappa shape index (κ1) is 9.46. The van der Waals surface area contributed by atoms with Crippen molar-refractivity contribution in [2.75, 3.05) is 10.7 Å². The maximum atomic E-state index is 12.5. The van der Waals surface area contributed by atoms with Crippen molar-refractivity contribution in [2.45, 2.75) is 6.42 Å². The minimum atomic E-state index is -0.123. The van der Waals surface area contributed by atoms with Gasteiger partial charge in [0.25, 0.3) is 0 Å². The summed E-state index contributed by atoms with van der Waals surface area (Å²) in [5, 5.41) is 1.73. The molecule has 1 aliphatic carbocycles. The third-order valence-electron chi connectivity index (χ3n) is 1.83. The molecule has 1 rings (SSSR count). The molecular weight excluding hydrogens is 275 g/mol. The first-order valence-corrected chi connectivity index (χ1v) is 5.63. The molecule has 0 fully saturated rings. The van der Waals surface area contributed by atoms with Gasteiger partial charge in [-0.15, -0.1) is 0 Å². The van der Waals surface area contributed by atoms with E-state index < -0.39 is 0 Å². The second kappa shape index (κ2) is 3.85. The number of hydrogen-bond donors (Lipinski definition) is 0. The largest absolute Gasteiger partial charge is 0.207 e. The van der Waals surface area contributed by atoms with Gasteiger partial charge in [0.15, 0.2) is 0 Å². The second-order valence-corrected chi connectivity index (χ2v) is 3.88. The van der Waals surface area contributed by atoms with Crippen LogP contribution in [0.25, 0.3) is 0 Å². The van der Waals surface area contributed by atoms with Gasteiger partial charge in [0.05, 0.1) is 0 Å². The van der Waals surface area contributed by atoms with Crippen molar-refractivity contribution in [3.05, 3.63) is 24.1 Å². The zero-order chi connectivity index (χ0) is 8.32. The van der Waals surface area contributed by atoms with Crippen molar-refractivity contribution in [2.24, 2.45) is 5.41 Å². The van der Waals surface area contributed by atoms with E-state index in [0.29, 0.717) is 0 Å². The SMILES string of the molecule is FC1=CCC(CBr)(CBr)C=C1. The van der Waals surface area contributed by atoms with Crippen LogP contribution in [-0.2, 0) is 0 Å². The maximum absolute atomic E-state index is 12.5. The average Bonchev–Trinajstić information content (AvgIpc) is 2.07. The lowest BCUT2D eigenvalue weighted by molar-refractivity contribution is 0.495. The van der Waals surface area contributed by atoms with Gasteiger partial charge < -0.3 is 0 Å². The molecule has 0 N–H and O–H groups in total. The molecule has 0 bridgehead atoms. The molecule has 0 aromatic rings. The Bertz CT molecular complexity index is 192. The highest BCUT2D eigenvalue weighted by Crippen LogP contribution is 2.33. The molecule has 0 nitrogen and oxygen atoms in total. The molecule has 0 amide bonds. The van der Waals surface area contributed by atoms with Crippen LogP contribution in [0.15, 0.2) is 24.1 Å². The summed E-state index contributed by atoms with van der Waals surface area (Å²) in [4.78, 5) is 0. The summed E-state index contributed by atoms with van der Waals surface area (Å²) in [5.74, 6) is -0.123. The zero-order valence-electron chi connectivity index (χ0n) is 5.99. The summed E-state index contributed by atoms with van der Waals surface area (Å²) in [6, 6.07) is 0. The predicted molar refractivity (Wildman–Crippen MR) is 53.0 cm³/mol. The second-order valence-electron chi connectivity index (χ2n) is 2.76. The topological polar surface area (TPSA) is 0 Å². The molecule has 0 aliphatic heterocycles. The summed E-state index contributed by atoms with van der Waals surface area (Å²) in [5.41, 5.74) is 0.0790. The van der Waals surface area contributed by atoms with E-state index >= 15 is 0 Å². The minimum Gasteiger partial charge on any atom is -0.207 e. The van der Waals surface area contributed by atoms with E-state index in [-0.39, 0.29) is 11.2 Å². The first-order chi connectivity index (χ1) is 5.22. The Morgan fingerprint density at radius 2 is 2.09 bits per heavy atom. The molecule has 0 unspecified atom stereocenters. The van der Waals surface area contributed by atoms with Crippen LogP contribution in [0, 0.1) is 5.41 Å². The van der Waals surface area contributed by atoms with E-state index in [4.69, 9.17) is 0 Å². The Hall–Kier alpha value is 0.370. The van der Waals surface area contributed by atoms with Gasteiger partial charge in [-0.05, 0) is 18.6 Å². The van der Waals surface area contributed by atoms with Crippen LogP contribution in [0.4, 0.5) is 4.39 Å². The quantitative estimate of drug-likeness (QED) is 0.680. The highest BCUT2D eigenvalue weighted by Gasteiger charge is 2.25. The minimum absolute atomic E-state index is 0.0790. The van der Waals surface area contributed by atoms with Gasteiger partial charge in [-0.1, -0.05) is 37.9 Å². The van der Waals surface area contributed by atoms with Gasteiger partial charge >= 0.3 is 0 Å². The maximum Gasteiger partial charge on any atom is 0.118 e. The number of alkyl halides is 2. The summed E-state index contributed by atoms with van der Waals surface area (Å²) in [6.07, 6.45) is 5.85. The molecule has 0 aromatic heterocycles. The first-order valence-electron chi connectivity index (χ1n) is 3.39. The Morgan fingerprint density at radius 1 is 1.45 bits per heavy atom. The molecule has 0 atom stereocenters. The summed E-state index contributed by atoms with van der Waals surface area (Å²) in [7, 11) is 0. The molecule has 1 aliphatic rings. The molecule has 62 valence electrons. The molecule has 0 aromatic carbocycles. The Balaban J connectivity index is 2.71. The number of hydrogen-bond acceptors (Lipinski definition) is 0. The van der Waals surface area contributed by atoms with Crippen molar-refractivity contribution in [1.29, 1.82) is 0 Å². The summed E-state index contributed by atoms with van der Waals surface area (Å²) >= 11 is 6.83. The van der Waals surface area contributed by atoms with Crippen LogP contribution in [-0.4, -0.2) is 10.7 Å². The van der Waals surface area contributed by atoms with Crippen molar-refractivity contribution in [3.8, 4) is 0 Å². The highest BCUT2D eigenvalue weighted by atomic mass is 79.9.